The van der Waals surface area contributed by atoms with E-state index in [1.54, 1.807) is 11.8 Å². The van der Waals surface area contributed by atoms with Crippen LogP contribution in [-0.4, -0.2) is 36.2 Å². The van der Waals surface area contributed by atoms with E-state index in [0.29, 0.717) is 18.0 Å². The Morgan fingerprint density at radius 2 is 2.18 bits per heavy atom. The number of rotatable bonds is 8. The monoisotopic (exact) mass is 308 g/mol. The molecule has 0 heterocycles. The summed E-state index contributed by atoms with van der Waals surface area (Å²) in [4.78, 5) is 23.3. The zero-order valence-electron chi connectivity index (χ0n) is 12.9. The van der Waals surface area contributed by atoms with Gasteiger partial charge in [-0.3, -0.25) is 14.9 Å². The Morgan fingerprint density at radius 3 is 2.64 bits per heavy atom. The van der Waals surface area contributed by atoms with Crippen LogP contribution < -0.4 is 9.64 Å². The molecule has 0 saturated carbocycles. The molecule has 1 aromatic carbocycles. The molecule has 1 aromatic rings. The molecule has 1 atom stereocenters. The van der Waals surface area contributed by atoms with Gasteiger partial charge in [-0.1, -0.05) is 19.1 Å². The second-order valence-corrected chi connectivity index (χ2v) is 5.19. The van der Waals surface area contributed by atoms with Crippen molar-refractivity contribution in [3.8, 4) is 5.75 Å². The molecular weight excluding hydrogens is 288 g/mol. The first kappa shape index (κ1) is 17.5. The van der Waals surface area contributed by atoms with E-state index in [1.165, 1.54) is 25.3 Å². The number of ether oxygens (including phenoxy) is 1. The van der Waals surface area contributed by atoms with Gasteiger partial charge in [-0.25, -0.2) is 0 Å². The predicted octanol–water partition coefficient (Wildman–Crippen LogP) is 2.71. The number of aliphatic carboxylic acids is 1. The molecule has 120 valence electrons. The van der Waals surface area contributed by atoms with Crippen molar-refractivity contribution in [2.75, 3.05) is 25.1 Å². The average Bonchev–Trinajstić information content (AvgIpc) is 2.45. The fourth-order valence-corrected chi connectivity index (χ4v) is 2.02. The number of carboxylic acid groups (broad SMARTS) is 1. The Hall–Kier alpha value is -2.57. The quantitative estimate of drug-likeness (QED) is 0.451. The van der Waals surface area contributed by atoms with Crippen LogP contribution in [0, 0.1) is 16.0 Å². The first-order valence-corrected chi connectivity index (χ1v) is 6.70. The van der Waals surface area contributed by atoms with Crippen LogP contribution in [0.3, 0.4) is 0 Å². The Bertz CT molecular complexity index is 585. The number of carboxylic acids is 1. The van der Waals surface area contributed by atoms with E-state index >= 15 is 0 Å². The SMILES string of the molecule is C=C(C)CN(CC(C)C(=O)O)c1cc([N+](=O)[O-])ccc1OC. The third-order valence-electron chi connectivity index (χ3n) is 3.09. The lowest BCUT2D eigenvalue weighted by molar-refractivity contribution is -0.384. The Balaban J connectivity index is 3.26. The zero-order valence-corrected chi connectivity index (χ0v) is 12.9. The van der Waals surface area contributed by atoms with E-state index in [0.717, 1.165) is 5.57 Å². The highest BCUT2D eigenvalue weighted by molar-refractivity contribution is 5.71. The molecule has 0 aromatic heterocycles. The summed E-state index contributed by atoms with van der Waals surface area (Å²) in [7, 11) is 1.46. The first-order valence-electron chi connectivity index (χ1n) is 6.70. The highest BCUT2D eigenvalue weighted by Gasteiger charge is 2.21. The number of anilines is 1. The van der Waals surface area contributed by atoms with Crippen LogP contribution in [0.15, 0.2) is 30.4 Å². The Labute approximate surface area is 129 Å². The lowest BCUT2D eigenvalue weighted by Gasteiger charge is -2.28. The highest BCUT2D eigenvalue weighted by Crippen LogP contribution is 2.33. The van der Waals surface area contributed by atoms with E-state index in [9.17, 15) is 14.9 Å². The van der Waals surface area contributed by atoms with Crippen molar-refractivity contribution >= 4 is 17.3 Å². The number of benzene rings is 1. The fourth-order valence-electron chi connectivity index (χ4n) is 2.02. The topological polar surface area (TPSA) is 92.9 Å². The number of hydrogen-bond acceptors (Lipinski definition) is 5. The summed E-state index contributed by atoms with van der Waals surface area (Å²) < 4.78 is 5.24. The molecule has 0 fully saturated rings. The molecule has 22 heavy (non-hydrogen) atoms. The van der Waals surface area contributed by atoms with Crippen molar-refractivity contribution in [1.82, 2.24) is 0 Å². The maximum atomic E-state index is 11.1. The van der Waals surface area contributed by atoms with Gasteiger partial charge in [0, 0.05) is 25.2 Å². The van der Waals surface area contributed by atoms with E-state index in [4.69, 9.17) is 9.84 Å². The minimum absolute atomic E-state index is 0.0782. The van der Waals surface area contributed by atoms with E-state index in [2.05, 4.69) is 6.58 Å². The number of nitrogens with zero attached hydrogens (tertiary/aromatic N) is 2. The summed E-state index contributed by atoms with van der Waals surface area (Å²) in [5, 5.41) is 20.1. The van der Waals surface area contributed by atoms with Crippen molar-refractivity contribution in [2.24, 2.45) is 5.92 Å². The second kappa shape index (κ2) is 7.44. The molecular formula is C15H20N2O5. The molecule has 7 heteroatoms. The lowest BCUT2D eigenvalue weighted by Crippen LogP contribution is -2.33. The molecule has 0 amide bonds. The minimum atomic E-state index is -0.934. The van der Waals surface area contributed by atoms with Crippen molar-refractivity contribution < 1.29 is 19.6 Å². The third kappa shape index (κ3) is 4.47. The van der Waals surface area contributed by atoms with Gasteiger partial charge in [0.05, 0.1) is 23.6 Å². The van der Waals surface area contributed by atoms with Crippen LogP contribution in [0.5, 0.6) is 5.75 Å². The van der Waals surface area contributed by atoms with Gasteiger partial charge >= 0.3 is 5.97 Å². The fraction of sp³-hybridized carbons (Fsp3) is 0.400. The first-order chi connectivity index (χ1) is 10.3. The number of methoxy groups -OCH3 is 1. The smallest absolute Gasteiger partial charge is 0.308 e. The maximum Gasteiger partial charge on any atom is 0.308 e. The summed E-state index contributed by atoms with van der Waals surface area (Å²) in [6.45, 7) is 7.79. The average molecular weight is 308 g/mol. The van der Waals surface area contributed by atoms with Gasteiger partial charge in [0.25, 0.3) is 5.69 Å². The minimum Gasteiger partial charge on any atom is -0.495 e. The summed E-state index contributed by atoms with van der Waals surface area (Å²) in [6.07, 6.45) is 0. The number of nitro groups is 1. The maximum absolute atomic E-state index is 11.1. The summed E-state index contributed by atoms with van der Waals surface area (Å²) >= 11 is 0. The van der Waals surface area contributed by atoms with Crippen LogP contribution in [-0.2, 0) is 4.79 Å². The predicted molar refractivity (Wildman–Crippen MR) is 83.5 cm³/mol. The number of non-ortho nitro benzene ring substituents is 1. The highest BCUT2D eigenvalue weighted by atomic mass is 16.6. The molecule has 0 spiro atoms. The van der Waals surface area contributed by atoms with Gasteiger partial charge in [0.15, 0.2) is 0 Å². The van der Waals surface area contributed by atoms with Gasteiger partial charge < -0.3 is 14.7 Å². The van der Waals surface area contributed by atoms with E-state index in [1.807, 2.05) is 6.92 Å². The molecule has 0 aliphatic carbocycles. The van der Waals surface area contributed by atoms with Crippen LogP contribution in [0.1, 0.15) is 13.8 Å². The van der Waals surface area contributed by atoms with E-state index in [-0.39, 0.29) is 12.2 Å². The molecule has 7 nitrogen and oxygen atoms in total. The summed E-state index contributed by atoms with van der Waals surface area (Å²) in [5.41, 5.74) is 1.21. The van der Waals surface area contributed by atoms with Gasteiger partial charge in [0.1, 0.15) is 5.75 Å². The van der Waals surface area contributed by atoms with Crippen molar-refractivity contribution in [3.63, 3.8) is 0 Å². The standard InChI is InChI=1S/C15H20N2O5/c1-10(2)8-16(9-11(3)15(18)19)13-7-12(17(20)21)5-6-14(13)22-4/h5-7,11H,1,8-9H2,2-4H3,(H,18,19). The largest absolute Gasteiger partial charge is 0.495 e. The zero-order chi connectivity index (χ0) is 16.9. The van der Waals surface area contributed by atoms with E-state index < -0.39 is 16.8 Å². The molecule has 0 saturated heterocycles. The molecule has 0 aliphatic heterocycles. The van der Waals surface area contributed by atoms with Gasteiger partial charge in [-0.2, -0.15) is 0 Å². The molecule has 0 aliphatic rings. The van der Waals surface area contributed by atoms with Crippen molar-refractivity contribution in [1.29, 1.82) is 0 Å². The lowest BCUT2D eigenvalue weighted by atomic mass is 10.1. The normalized spacial score (nSPS) is 11.6. The van der Waals surface area contributed by atoms with Gasteiger partial charge in [-0.05, 0) is 13.0 Å². The number of hydrogen-bond donors (Lipinski definition) is 1. The number of carbonyl (C=O) groups is 1. The summed E-state index contributed by atoms with van der Waals surface area (Å²) in [5.74, 6) is -1.12. The molecule has 0 radical (unpaired) electrons. The van der Waals surface area contributed by atoms with Crippen LogP contribution >= 0.6 is 0 Å². The van der Waals surface area contributed by atoms with Crippen molar-refractivity contribution in [3.05, 3.63) is 40.5 Å². The molecule has 1 rings (SSSR count). The van der Waals surface area contributed by atoms with Crippen LogP contribution in [0.2, 0.25) is 0 Å². The van der Waals surface area contributed by atoms with Gasteiger partial charge in [0.2, 0.25) is 0 Å². The Morgan fingerprint density at radius 1 is 1.55 bits per heavy atom. The van der Waals surface area contributed by atoms with Gasteiger partial charge in [-0.15, -0.1) is 0 Å². The van der Waals surface area contributed by atoms with Crippen LogP contribution in [0.4, 0.5) is 11.4 Å². The molecule has 1 N–H and O–H groups in total. The number of nitro benzene ring substituents is 1. The summed E-state index contributed by atoms with van der Waals surface area (Å²) in [6, 6.07) is 4.24. The third-order valence-corrected chi connectivity index (χ3v) is 3.09. The Kier molecular flexibility index (Phi) is 5.91. The second-order valence-electron chi connectivity index (χ2n) is 5.19. The molecule has 0 bridgehead atoms. The molecule has 1 unspecified atom stereocenters. The van der Waals surface area contributed by atoms with Crippen molar-refractivity contribution in [2.45, 2.75) is 13.8 Å². The van der Waals surface area contributed by atoms with Crippen LogP contribution in [0.25, 0.3) is 0 Å².